The van der Waals surface area contributed by atoms with Crippen molar-refractivity contribution in [3.05, 3.63) is 0 Å². The second-order valence-electron chi connectivity index (χ2n) is 3.93. The van der Waals surface area contributed by atoms with Gasteiger partial charge >= 0.3 is 0 Å². The molecule has 0 saturated heterocycles. The van der Waals surface area contributed by atoms with Crippen molar-refractivity contribution in [1.82, 2.24) is 16.0 Å². The first kappa shape index (κ1) is 14.9. The standard InChI is InChI=1S/C11H23N3O2/c1-4-13-10(15)5-7-12-8-6-11(16)14-9(2)3/h9,12H,4-8H2,1-3H3,(H,13,15)(H,14,16). The second kappa shape index (κ2) is 9.15. The monoisotopic (exact) mass is 229 g/mol. The first-order valence-corrected chi connectivity index (χ1v) is 5.83. The van der Waals surface area contributed by atoms with Gasteiger partial charge in [-0.3, -0.25) is 9.59 Å². The first-order chi connectivity index (χ1) is 7.56. The van der Waals surface area contributed by atoms with E-state index in [2.05, 4.69) is 16.0 Å². The van der Waals surface area contributed by atoms with E-state index in [4.69, 9.17) is 0 Å². The Labute approximate surface area is 97.4 Å². The summed E-state index contributed by atoms with van der Waals surface area (Å²) in [4.78, 5) is 22.3. The van der Waals surface area contributed by atoms with Crippen LogP contribution in [0.2, 0.25) is 0 Å². The Kier molecular flexibility index (Phi) is 8.52. The molecule has 0 aromatic rings. The van der Waals surface area contributed by atoms with Crippen LogP contribution in [0.3, 0.4) is 0 Å². The van der Waals surface area contributed by atoms with Gasteiger partial charge in [0.2, 0.25) is 11.8 Å². The minimum absolute atomic E-state index is 0.0421. The van der Waals surface area contributed by atoms with Gasteiger partial charge in [0.15, 0.2) is 0 Å². The zero-order valence-electron chi connectivity index (χ0n) is 10.4. The molecule has 0 saturated carbocycles. The lowest BCUT2D eigenvalue weighted by Crippen LogP contribution is -2.33. The number of nitrogens with one attached hydrogen (secondary N) is 3. The summed E-state index contributed by atoms with van der Waals surface area (Å²) >= 11 is 0. The molecular weight excluding hydrogens is 206 g/mol. The molecule has 0 radical (unpaired) electrons. The molecule has 2 amide bonds. The van der Waals surface area contributed by atoms with E-state index in [1.165, 1.54) is 0 Å². The zero-order valence-corrected chi connectivity index (χ0v) is 10.4. The highest BCUT2D eigenvalue weighted by Gasteiger charge is 2.02. The van der Waals surface area contributed by atoms with Gasteiger partial charge in [-0.2, -0.15) is 0 Å². The number of amides is 2. The van der Waals surface area contributed by atoms with Crippen LogP contribution in [0.25, 0.3) is 0 Å². The lowest BCUT2D eigenvalue weighted by Gasteiger charge is -2.08. The Balaban J connectivity index is 3.33. The van der Waals surface area contributed by atoms with E-state index in [1.54, 1.807) is 0 Å². The molecule has 0 aliphatic heterocycles. The number of carbonyl (C=O) groups is 2. The van der Waals surface area contributed by atoms with E-state index in [1.807, 2.05) is 20.8 Å². The average Bonchev–Trinajstić information content (AvgIpc) is 2.16. The predicted octanol–water partition coefficient (Wildman–Crippen LogP) is 0.0169. The molecule has 0 aromatic heterocycles. The topological polar surface area (TPSA) is 70.2 Å². The van der Waals surface area contributed by atoms with Gasteiger partial charge in [0, 0.05) is 38.5 Å². The van der Waals surface area contributed by atoms with E-state index in [9.17, 15) is 9.59 Å². The summed E-state index contributed by atoms with van der Waals surface area (Å²) in [7, 11) is 0. The van der Waals surface area contributed by atoms with Crippen LogP contribution >= 0.6 is 0 Å². The number of hydrogen-bond donors (Lipinski definition) is 3. The molecule has 0 aromatic carbocycles. The van der Waals surface area contributed by atoms with Crippen LogP contribution in [0.15, 0.2) is 0 Å². The van der Waals surface area contributed by atoms with Crippen LogP contribution in [0.5, 0.6) is 0 Å². The smallest absolute Gasteiger partial charge is 0.221 e. The van der Waals surface area contributed by atoms with Gasteiger partial charge in [-0.15, -0.1) is 0 Å². The third-order valence-corrected chi connectivity index (χ3v) is 1.88. The Morgan fingerprint density at radius 2 is 1.62 bits per heavy atom. The third-order valence-electron chi connectivity index (χ3n) is 1.88. The van der Waals surface area contributed by atoms with Gasteiger partial charge in [-0.05, 0) is 20.8 Å². The third kappa shape index (κ3) is 9.45. The van der Waals surface area contributed by atoms with Gasteiger partial charge in [0.05, 0.1) is 0 Å². The normalized spacial score (nSPS) is 10.2. The van der Waals surface area contributed by atoms with E-state index >= 15 is 0 Å². The molecule has 0 rings (SSSR count). The quantitative estimate of drug-likeness (QED) is 0.514. The van der Waals surface area contributed by atoms with Gasteiger partial charge in [-0.25, -0.2) is 0 Å². The van der Waals surface area contributed by atoms with E-state index in [0.717, 1.165) is 0 Å². The number of carbonyl (C=O) groups excluding carboxylic acids is 2. The predicted molar refractivity (Wildman–Crippen MR) is 64.1 cm³/mol. The Morgan fingerprint density at radius 3 is 2.12 bits per heavy atom. The molecule has 5 heteroatoms. The Bertz CT molecular complexity index is 217. The van der Waals surface area contributed by atoms with Gasteiger partial charge in [-0.1, -0.05) is 0 Å². The highest BCUT2D eigenvalue weighted by Crippen LogP contribution is 1.83. The summed E-state index contributed by atoms with van der Waals surface area (Å²) in [5, 5.41) is 8.57. The van der Waals surface area contributed by atoms with Crippen molar-refractivity contribution in [2.45, 2.75) is 39.7 Å². The minimum atomic E-state index is 0.0421. The summed E-state index contributed by atoms with van der Waals surface area (Å²) in [6.07, 6.45) is 0.910. The molecule has 0 fully saturated rings. The maximum atomic E-state index is 11.2. The van der Waals surface area contributed by atoms with Crippen molar-refractivity contribution in [3.8, 4) is 0 Å². The van der Waals surface area contributed by atoms with Crippen LogP contribution in [0.4, 0.5) is 0 Å². The molecule has 0 aliphatic rings. The van der Waals surface area contributed by atoms with Crippen molar-refractivity contribution in [2.75, 3.05) is 19.6 Å². The summed E-state index contributed by atoms with van der Waals surface area (Å²) in [5.74, 6) is 0.0853. The van der Waals surface area contributed by atoms with Crippen LogP contribution in [0.1, 0.15) is 33.6 Å². The Morgan fingerprint density at radius 1 is 1.06 bits per heavy atom. The molecule has 94 valence electrons. The molecule has 0 atom stereocenters. The second-order valence-corrected chi connectivity index (χ2v) is 3.93. The van der Waals surface area contributed by atoms with Gasteiger partial charge in [0.1, 0.15) is 0 Å². The van der Waals surface area contributed by atoms with Crippen LogP contribution in [-0.2, 0) is 9.59 Å². The highest BCUT2D eigenvalue weighted by molar-refractivity contribution is 5.76. The summed E-state index contributed by atoms with van der Waals surface area (Å²) in [6, 6.07) is 0.183. The van der Waals surface area contributed by atoms with Gasteiger partial charge in [0.25, 0.3) is 0 Å². The van der Waals surface area contributed by atoms with Crippen molar-refractivity contribution >= 4 is 11.8 Å². The lowest BCUT2D eigenvalue weighted by molar-refractivity contribution is -0.121. The highest BCUT2D eigenvalue weighted by atomic mass is 16.2. The molecule has 0 heterocycles. The molecule has 5 nitrogen and oxygen atoms in total. The maximum Gasteiger partial charge on any atom is 0.221 e. The number of hydrogen-bond acceptors (Lipinski definition) is 3. The summed E-state index contributed by atoms with van der Waals surface area (Å²) < 4.78 is 0. The molecule has 0 spiro atoms. The fraction of sp³-hybridized carbons (Fsp3) is 0.818. The van der Waals surface area contributed by atoms with Crippen molar-refractivity contribution < 1.29 is 9.59 Å². The molecule has 16 heavy (non-hydrogen) atoms. The van der Waals surface area contributed by atoms with Crippen LogP contribution in [-0.4, -0.2) is 37.5 Å². The van der Waals surface area contributed by atoms with Crippen LogP contribution < -0.4 is 16.0 Å². The minimum Gasteiger partial charge on any atom is -0.356 e. The maximum absolute atomic E-state index is 11.2. The van der Waals surface area contributed by atoms with Gasteiger partial charge < -0.3 is 16.0 Å². The fourth-order valence-electron chi connectivity index (χ4n) is 1.21. The fourth-order valence-corrected chi connectivity index (χ4v) is 1.21. The molecule has 0 unspecified atom stereocenters. The number of rotatable bonds is 8. The molecular formula is C11H23N3O2. The first-order valence-electron chi connectivity index (χ1n) is 5.83. The zero-order chi connectivity index (χ0) is 12.4. The largest absolute Gasteiger partial charge is 0.356 e. The summed E-state index contributed by atoms with van der Waals surface area (Å²) in [6.45, 7) is 7.64. The van der Waals surface area contributed by atoms with E-state index in [-0.39, 0.29) is 17.9 Å². The van der Waals surface area contributed by atoms with E-state index < -0.39 is 0 Å². The lowest BCUT2D eigenvalue weighted by atomic mass is 10.3. The average molecular weight is 229 g/mol. The molecule has 3 N–H and O–H groups in total. The van der Waals surface area contributed by atoms with Crippen molar-refractivity contribution in [1.29, 1.82) is 0 Å². The molecule has 0 aliphatic carbocycles. The summed E-state index contributed by atoms with van der Waals surface area (Å²) in [5.41, 5.74) is 0. The Hall–Kier alpha value is -1.10. The van der Waals surface area contributed by atoms with E-state index in [0.29, 0.717) is 32.5 Å². The van der Waals surface area contributed by atoms with Crippen LogP contribution in [0, 0.1) is 0 Å². The van der Waals surface area contributed by atoms with Crippen molar-refractivity contribution in [2.24, 2.45) is 0 Å². The SMILES string of the molecule is CCNC(=O)CCNCCC(=O)NC(C)C. The molecule has 0 bridgehead atoms. The van der Waals surface area contributed by atoms with Crippen molar-refractivity contribution in [3.63, 3.8) is 0 Å².